The van der Waals surface area contributed by atoms with Crippen molar-refractivity contribution in [1.29, 1.82) is 0 Å². The van der Waals surface area contributed by atoms with Gasteiger partial charge in [-0.15, -0.1) is 0 Å². The number of fused-ring (bicyclic) bond motifs is 1. The minimum atomic E-state index is -1.26. The first kappa shape index (κ1) is 35.9. The van der Waals surface area contributed by atoms with E-state index >= 15 is 0 Å². The van der Waals surface area contributed by atoms with Crippen LogP contribution in [0, 0.1) is 9.28 Å². The van der Waals surface area contributed by atoms with Crippen molar-refractivity contribution in [3.8, 4) is 0 Å². The molecule has 4 heterocycles. The Morgan fingerprint density at radius 1 is 0.558 bits per heavy atom. The smallest absolute Gasteiger partial charge is 0.422 e. The molecule has 52 heavy (non-hydrogen) atoms. The predicted molar refractivity (Wildman–Crippen MR) is 195 cm³/mol. The van der Waals surface area contributed by atoms with Gasteiger partial charge in [0.05, 0.1) is 22.5 Å². The van der Waals surface area contributed by atoms with Gasteiger partial charge in [-0.05, 0) is 63.1 Å². The molecular weight excluding hydrogens is 705 g/mol. The average Bonchev–Trinajstić information content (AvgIpc) is 3.59. The first-order valence-corrected chi connectivity index (χ1v) is 17.0. The Morgan fingerprint density at radius 2 is 0.904 bits per heavy atom. The highest BCUT2D eigenvalue weighted by molar-refractivity contribution is 7.71. The molecule has 0 aliphatic carbocycles. The van der Waals surface area contributed by atoms with Gasteiger partial charge in [-0.1, -0.05) is 97.2 Å². The lowest BCUT2D eigenvalue weighted by molar-refractivity contribution is -0.124. The molecule has 0 bridgehead atoms. The number of ether oxygens (including phenoxy) is 2. The predicted octanol–water partition coefficient (Wildman–Crippen LogP) is 6.64. The molecule has 2 aliphatic heterocycles. The highest BCUT2D eigenvalue weighted by Gasteiger charge is 2.54. The fourth-order valence-electron chi connectivity index (χ4n) is 5.50. The maximum absolute atomic E-state index is 14.5. The summed E-state index contributed by atoms with van der Waals surface area (Å²) in [5.74, 6) is -1.71. The molecule has 2 aromatic heterocycles. The summed E-state index contributed by atoms with van der Waals surface area (Å²) < 4.78 is 15.2. The van der Waals surface area contributed by atoms with E-state index in [1.54, 1.807) is 137 Å². The van der Waals surface area contributed by atoms with Crippen molar-refractivity contribution in [2.75, 3.05) is 13.2 Å². The van der Waals surface area contributed by atoms with Crippen LogP contribution in [-0.4, -0.2) is 67.7 Å². The van der Waals surface area contributed by atoms with Gasteiger partial charge in [-0.25, -0.2) is 19.4 Å². The van der Waals surface area contributed by atoms with E-state index in [0.29, 0.717) is 20.4 Å². The van der Waals surface area contributed by atoms with Crippen LogP contribution in [0.2, 0.25) is 0 Å². The minimum Gasteiger partial charge on any atom is -0.439 e. The Balaban J connectivity index is 1.36. The number of carbonyl (C=O) groups is 4. The van der Waals surface area contributed by atoms with Gasteiger partial charge in [-0.3, -0.25) is 9.59 Å². The summed E-state index contributed by atoms with van der Waals surface area (Å²) in [7, 11) is 0. The van der Waals surface area contributed by atoms with Crippen LogP contribution in [0.15, 0.2) is 121 Å². The monoisotopic (exact) mass is 738 g/mol. The number of benzene rings is 2. The third-order valence-electron chi connectivity index (χ3n) is 7.87. The van der Waals surface area contributed by atoms with E-state index in [9.17, 15) is 19.2 Å². The van der Waals surface area contributed by atoms with Crippen molar-refractivity contribution < 1.29 is 38.3 Å². The molecule has 0 N–H and O–H groups in total. The van der Waals surface area contributed by atoms with Gasteiger partial charge < -0.3 is 19.1 Å². The molecule has 0 fully saturated rings. The zero-order valence-electron chi connectivity index (χ0n) is 28.7. The summed E-state index contributed by atoms with van der Waals surface area (Å²) in [6.45, 7) is 6.21. The fraction of sp³-hybridized carbons (Fsp3) is 0.211. The minimum absolute atomic E-state index is 0.0395. The first-order chi connectivity index (χ1) is 24.8. The molecule has 2 aromatic carbocycles. The Kier molecular flexibility index (Phi) is 9.96. The van der Waals surface area contributed by atoms with Crippen LogP contribution in [0.1, 0.15) is 38.8 Å². The maximum Gasteiger partial charge on any atom is 0.422 e. The van der Waals surface area contributed by atoms with Crippen LogP contribution in [0.25, 0.3) is 11.4 Å². The summed E-state index contributed by atoms with van der Waals surface area (Å²) in [5, 5.41) is 0. The molecule has 0 atom stereocenters. The van der Waals surface area contributed by atoms with Gasteiger partial charge in [-0.2, -0.15) is 9.46 Å². The summed E-state index contributed by atoms with van der Waals surface area (Å²) in [5.41, 5.74) is -2.18. The maximum atomic E-state index is 14.5. The Hall–Kier alpha value is -5.86. The molecule has 0 unspecified atom stereocenters. The van der Waals surface area contributed by atoms with E-state index in [2.05, 4.69) is 0 Å². The second-order valence-corrected chi connectivity index (χ2v) is 13.8. The van der Waals surface area contributed by atoms with Crippen molar-refractivity contribution in [2.45, 2.75) is 38.9 Å². The number of imide groups is 2. The van der Waals surface area contributed by atoms with E-state index in [1.165, 1.54) is 9.46 Å². The summed E-state index contributed by atoms with van der Waals surface area (Å²) in [4.78, 5) is 70.3. The van der Waals surface area contributed by atoms with Crippen LogP contribution in [-0.2, 0) is 19.1 Å². The number of nitrogens with zero attached hydrogens (tertiary/aromatic N) is 4. The fourth-order valence-corrected chi connectivity index (χ4v) is 5.89. The largest absolute Gasteiger partial charge is 0.439 e. The van der Waals surface area contributed by atoms with Gasteiger partial charge in [0.25, 0.3) is 11.8 Å². The number of amides is 4. The molecule has 2 aliphatic rings. The number of hydrogen-bond donors (Lipinski definition) is 0. The standard InChI is InChI=1S/C38H34N4O8S2/c1-37(2,23-47-39-21-13-11-19-27(39)51)49-35(45)41-31(25-15-7-5-8-16-25)29-30(33(41)43)32(26-17-9-6-10-18-26)42(34(29)44)36(46)50-38(3,4)24-48-40-22-14-12-20-28(40)52/h5-22H,23-24H2,1-4H3. The molecule has 0 radical (unpaired) electrons. The van der Waals surface area contributed by atoms with E-state index < -0.39 is 35.2 Å². The Bertz CT molecular complexity index is 2080. The Labute approximate surface area is 309 Å². The van der Waals surface area contributed by atoms with Gasteiger partial charge >= 0.3 is 12.2 Å². The SMILES string of the molecule is CC(C)(COn1ccccc1=S)OC(=O)N1C(=O)C2=C(c3ccccc3)N(C(=O)OC(C)(C)COn3ccccc3=S)C(=O)C2=C1c1ccccc1. The van der Waals surface area contributed by atoms with Gasteiger partial charge in [0.2, 0.25) is 0 Å². The van der Waals surface area contributed by atoms with E-state index in [1.807, 2.05) is 0 Å². The van der Waals surface area contributed by atoms with Gasteiger partial charge in [0.1, 0.15) is 20.5 Å². The van der Waals surface area contributed by atoms with Crippen LogP contribution in [0.5, 0.6) is 0 Å². The highest BCUT2D eigenvalue weighted by atomic mass is 32.1. The summed E-state index contributed by atoms with van der Waals surface area (Å²) >= 11 is 10.6. The first-order valence-electron chi connectivity index (χ1n) is 16.1. The number of aromatic nitrogens is 2. The zero-order chi connectivity index (χ0) is 37.2. The lowest BCUT2D eigenvalue weighted by atomic mass is 10.0. The molecule has 4 aromatic rings. The lowest BCUT2D eigenvalue weighted by Gasteiger charge is -2.30. The van der Waals surface area contributed by atoms with Crippen molar-refractivity contribution in [2.24, 2.45) is 0 Å². The normalized spacial score (nSPS) is 14.5. The number of pyridine rings is 2. The molecule has 0 saturated heterocycles. The number of rotatable bonds is 10. The van der Waals surface area contributed by atoms with Crippen molar-refractivity contribution >= 4 is 59.8 Å². The molecule has 12 nitrogen and oxygen atoms in total. The molecule has 0 saturated carbocycles. The van der Waals surface area contributed by atoms with Gasteiger partial charge in [0.15, 0.2) is 13.2 Å². The quantitative estimate of drug-likeness (QED) is 0.164. The van der Waals surface area contributed by atoms with Crippen LogP contribution in [0.3, 0.4) is 0 Å². The zero-order valence-corrected chi connectivity index (χ0v) is 30.3. The van der Waals surface area contributed by atoms with Crippen molar-refractivity contribution in [3.05, 3.63) is 141 Å². The van der Waals surface area contributed by atoms with E-state index in [0.717, 1.165) is 9.80 Å². The second kappa shape index (κ2) is 14.4. The third kappa shape index (κ3) is 7.29. The highest BCUT2D eigenvalue weighted by Crippen LogP contribution is 2.47. The van der Waals surface area contributed by atoms with Crippen LogP contribution in [0.4, 0.5) is 9.59 Å². The summed E-state index contributed by atoms with van der Waals surface area (Å²) in [6.07, 6.45) is 1.15. The lowest BCUT2D eigenvalue weighted by Crippen LogP contribution is -2.44. The van der Waals surface area contributed by atoms with E-state index in [-0.39, 0.29) is 35.8 Å². The molecule has 266 valence electrons. The molecular formula is C38H34N4O8S2. The van der Waals surface area contributed by atoms with Crippen LogP contribution >= 0.6 is 24.4 Å². The number of carbonyl (C=O) groups excluding carboxylic acids is 4. The van der Waals surface area contributed by atoms with Crippen molar-refractivity contribution in [3.63, 3.8) is 0 Å². The molecule has 4 amide bonds. The Morgan fingerprint density at radius 3 is 1.25 bits per heavy atom. The molecule has 6 rings (SSSR count). The molecule has 0 spiro atoms. The topological polar surface area (TPSA) is 122 Å². The van der Waals surface area contributed by atoms with E-state index in [4.69, 9.17) is 43.6 Å². The van der Waals surface area contributed by atoms with Crippen molar-refractivity contribution in [1.82, 2.24) is 19.3 Å². The summed E-state index contributed by atoms with van der Waals surface area (Å²) in [6, 6.07) is 27.3. The van der Waals surface area contributed by atoms with Crippen LogP contribution < -0.4 is 9.68 Å². The second-order valence-electron chi connectivity index (χ2n) is 13.0. The number of hydrogen-bond acceptors (Lipinski definition) is 10. The van der Waals surface area contributed by atoms with Gasteiger partial charge in [0, 0.05) is 12.4 Å². The average molecular weight is 739 g/mol. The third-order valence-corrected chi connectivity index (χ3v) is 8.50. The molecule has 14 heteroatoms.